The number of imidazole rings is 1. The summed E-state index contributed by atoms with van der Waals surface area (Å²) in [5.74, 6) is -0.156. The molecular formula is C29H30F3N7O3. The standard InChI is InChI=1S/C29H30F3N7O3/c1-42-21-8-3-6-18(14-21)26-38-22-15-19(27(41)37-16-17-5-2-7-20(13-17)29(30,31)32)10-11-23(22)39(26)24(25(33)40)9-4-12-36-28(34)35/h2-3,5-8,10-11,13-15,24H,4,9,12,16H2,1H3,(H2,33,40)(H,37,41)(H4,34,35,36)/t24-/m1/s1. The minimum absolute atomic E-state index is 0.0605. The van der Waals surface area contributed by atoms with E-state index in [4.69, 9.17) is 26.9 Å². The van der Waals surface area contributed by atoms with Gasteiger partial charge < -0.3 is 31.8 Å². The van der Waals surface area contributed by atoms with E-state index in [-0.39, 0.29) is 18.1 Å². The van der Waals surface area contributed by atoms with Crippen molar-refractivity contribution >= 4 is 28.8 Å². The number of nitrogens with zero attached hydrogens (tertiary/aromatic N) is 3. The van der Waals surface area contributed by atoms with Crippen molar-refractivity contribution in [2.24, 2.45) is 22.2 Å². The summed E-state index contributed by atoms with van der Waals surface area (Å²) in [5.41, 5.74) is 18.0. The number of methoxy groups -OCH3 is 1. The van der Waals surface area contributed by atoms with Crippen molar-refractivity contribution in [1.82, 2.24) is 14.9 Å². The van der Waals surface area contributed by atoms with Crippen LogP contribution in [0.1, 0.15) is 40.4 Å². The van der Waals surface area contributed by atoms with Crippen LogP contribution in [-0.4, -0.2) is 41.0 Å². The van der Waals surface area contributed by atoms with E-state index in [2.05, 4.69) is 10.3 Å². The van der Waals surface area contributed by atoms with Gasteiger partial charge in [0.05, 0.1) is 23.7 Å². The first-order valence-corrected chi connectivity index (χ1v) is 12.9. The van der Waals surface area contributed by atoms with Crippen molar-refractivity contribution in [3.8, 4) is 17.1 Å². The van der Waals surface area contributed by atoms with Gasteiger partial charge in [-0.05, 0) is 60.9 Å². The number of ether oxygens (including phenoxy) is 1. The van der Waals surface area contributed by atoms with E-state index in [1.54, 1.807) is 47.0 Å². The Kier molecular flexibility index (Phi) is 8.99. The van der Waals surface area contributed by atoms with Crippen molar-refractivity contribution in [3.63, 3.8) is 0 Å². The Morgan fingerprint density at radius 2 is 1.81 bits per heavy atom. The lowest BCUT2D eigenvalue weighted by molar-refractivity contribution is -0.137. The summed E-state index contributed by atoms with van der Waals surface area (Å²) >= 11 is 0. The smallest absolute Gasteiger partial charge is 0.416 e. The molecule has 3 aromatic carbocycles. The number of benzene rings is 3. The number of carbonyl (C=O) groups is 2. The highest BCUT2D eigenvalue weighted by atomic mass is 19.4. The number of primary amides is 1. The van der Waals surface area contributed by atoms with Crippen molar-refractivity contribution in [2.45, 2.75) is 31.6 Å². The van der Waals surface area contributed by atoms with Gasteiger partial charge in [0.15, 0.2) is 5.96 Å². The number of hydrogen-bond acceptors (Lipinski definition) is 5. The fourth-order valence-corrected chi connectivity index (χ4v) is 4.55. The summed E-state index contributed by atoms with van der Waals surface area (Å²) in [6, 6.07) is 15.8. The van der Waals surface area contributed by atoms with E-state index < -0.39 is 29.6 Å². The van der Waals surface area contributed by atoms with Crippen LogP contribution >= 0.6 is 0 Å². The number of aromatic nitrogens is 2. The Bertz CT molecular complexity index is 1630. The third kappa shape index (κ3) is 6.97. The third-order valence-corrected chi connectivity index (χ3v) is 6.56. The molecule has 0 aliphatic heterocycles. The van der Waals surface area contributed by atoms with Gasteiger partial charge in [-0.3, -0.25) is 14.6 Å². The van der Waals surface area contributed by atoms with Gasteiger partial charge >= 0.3 is 6.18 Å². The molecule has 1 atom stereocenters. The molecule has 7 N–H and O–H groups in total. The van der Waals surface area contributed by atoms with E-state index in [0.717, 1.165) is 12.1 Å². The Hall–Kier alpha value is -5.07. The lowest BCUT2D eigenvalue weighted by Crippen LogP contribution is -2.27. The van der Waals surface area contributed by atoms with Crippen molar-refractivity contribution in [1.29, 1.82) is 0 Å². The molecular weight excluding hydrogens is 551 g/mol. The quantitative estimate of drug-likeness (QED) is 0.120. The number of nitrogens with two attached hydrogens (primary N) is 3. The number of aliphatic imine (C=N–C) groups is 1. The summed E-state index contributed by atoms with van der Waals surface area (Å²) in [7, 11) is 1.53. The first-order valence-electron chi connectivity index (χ1n) is 12.9. The first-order chi connectivity index (χ1) is 20.0. The molecule has 0 fully saturated rings. The zero-order valence-corrected chi connectivity index (χ0v) is 22.7. The number of nitrogens with one attached hydrogen (secondary N) is 1. The predicted octanol–water partition coefficient (Wildman–Crippen LogP) is 3.74. The van der Waals surface area contributed by atoms with Crippen LogP contribution in [0.4, 0.5) is 13.2 Å². The predicted molar refractivity (Wildman–Crippen MR) is 152 cm³/mol. The summed E-state index contributed by atoms with van der Waals surface area (Å²) in [5, 5.41) is 2.65. The van der Waals surface area contributed by atoms with E-state index in [0.29, 0.717) is 53.1 Å². The lowest BCUT2D eigenvalue weighted by atomic mass is 10.1. The maximum Gasteiger partial charge on any atom is 0.416 e. The molecule has 4 rings (SSSR count). The molecule has 0 bridgehead atoms. The molecule has 0 aliphatic carbocycles. The van der Waals surface area contributed by atoms with Gasteiger partial charge in [0.1, 0.15) is 17.6 Å². The third-order valence-electron chi connectivity index (χ3n) is 6.56. The van der Waals surface area contributed by atoms with Gasteiger partial charge in [-0.15, -0.1) is 0 Å². The number of guanidine groups is 1. The fraction of sp³-hybridized carbons (Fsp3) is 0.241. The normalized spacial score (nSPS) is 12.1. The fourth-order valence-electron chi connectivity index (χ4n) is 4.55. The molecule has 0 saturated carbocycles. The van der Waals surface area contributed by atoms with Crippen molar-refractivity contribution in [2.75, 3.05) is 13.7 Å². The Balaban J connectivity index is 1.69. The summed E-state index contributed by atoms with van der Waals surface area (Å²) < 4.78 is 46.2. The SMILES string of the molecule is COc1cccc(-c2nc3cc(C(=O)NCc4cccc(C(F)(F)F)c4)ccc3n2[C@H](CCCN=C(N)N)C(N)=O)c1. The Labute approximate surface area is 239 Å². The van der Waals surface area contributed by atoms with Gasteiger partial charge in [0.25, 0.3) is 5.91 Å². The summed E-state index contributed by atoms with van der Waals surface area (Å²) in [6.07, 6.45) is -3.72. The lowest BCUT2D eigenvalue weighted by Gasteiger charge is -2.19. The van der Waals surface area contributed by atoms with Crippen molar-refractivity contribution in [3.05, 3.63) is 83.4 Å². The van der Waals surface area contributed by atoms with Crippen LogP contribution in [0.5, 0.6) is 5.75 Å². The van der Waals surface area contributed by atoms with Crippen LogP contribution in [0.25, 0.3) is 22.4 Å². The monoisotopic (exact) mass is 581 g/mol. The molecule has 0 unspecified atom stereocenters. The zero-order chi connectivity index (χ0) is 30.4. The van der Waals surface area contributed by atoms with Crippen LogP contribution in [0.15, 0.2) is 71.7 Å². The van der Waals surface area contributed by atoms with E-state index in [1.807, 2.05) is 0 Å². The molecule has 0 saturated heterocycles. The number of rotatable bonds is 11. The summed E-state index contributed by atoms with van der Waals surface area (Å²) in [4.78, 5) is 34.4. The minimum Gasteiger partial charge on any atom is -0.497 e. The highest BCUT2D eigenvalue weighted by Crippen LogP contribution is 2.33. The second-order valence-corrected chi connectivity index (χ2v) is 9.49. The Morgan fingerprint density at radius 1 is 1.05 bits per heavy atom. The average molecular weight is 582 g/mol. The molecule has 0 spiro atoms. The van der Waals surface area contributed by atoms with Gasteiger partial charge in [-0.1, -0.05) is 24.3 Å². The molecule has 220 valence electrons. The molecule has 13 heteroatoms. The average Bonchev–Trinajstić information content (AvgIpc) is 3.33. The highest BCUT2D eigenvalue weighted by Gasteiger charge is 2.30. The second-order valence-electron chi connectivity index (χ2n) is 9.49. The molecule has 1 heterocycles. The number of halogens is 3. The van der Waals surface area contributed by atoms with Gasteiger partial charge in [-0.2, -0.15) is 13.2 Å². The van der Waals surface area contributed by atoms with Crippen LogP contribution in [0, 0.1) is 0 Å². The van der Waals surface area contributed by atoms with Gasteiger partial charge in [0.2, 0.25) is 5.91 Å². The zero-order valence-electron chi connectivity index (χ0n) is 22.7. The highest BCUT2D eigenvalue weighted by molar-refractivity contribution is 5.98. The largest absolute Gasteiger partial charge is 0.497 e. The number of fused-ring (bicyclic) bond motifs is 1. The maximum atomic E-state index is 13.1. The number of hydrogen-bond donors (Lipinski definition) is 4. The number of amides is 2. The van der Waals surface area contributed by atoms with Crippen LogP contribution < -0.4 is 27.3 Å². The van der Waals surface area contributed by atoms with Crippen LogP contribution in [0.2, 0.25) is 0 Å². The van der Waals surface area contributed by atoms with Crippen molar-refractivity contribution < 1.29 is 27.5 Å². The number of carbonyl (C=O) groups excluding carboxylic acids is 2. The molecule has 0 aliphatic rings. The molecule has 1 aromatic heterocycles. The molecule has 2 amide bonds. The van der Waals surface area contributed by atoms with Gasteiger partial charge in [-0.25, -0.2) is 4.98 Å². The van der Waals surface area contributed by atoms with Crippen LogP contribution in [-0.2, 0) is 17.5 Å². The van der Waals surface area contributed by atoms with Crippen LogP contribution in [0.3, 0.4) is 0 Å². The first kappa shape index (κ1) is 29.9. The van der Waals surface area contributed by atoms with E-state index >= 15 is 0 Å². The van der Waals surface area contributed by atoms with E-state index in [1.165, 1.54) is 19.2 Å². The minimum atomic E-state index is -4.49. The second kappa shape index (κ2) is 12.6. The van der Waals surface area contributed by atoms with E-state index in [9.17, 15) is 22.8 Å². The van der Waals surface area contributed by atoms with Gasteiger partial charge in [0, 0.05) is 24.2 Å². The molecule has 0 radical (unpaired) electrons. The summed E-state index contributed by atoms with van der Waals surface area (Å²) in [6.45, 7) is 0.188. The molecule has 10 nitrogen and oxygen atoms in total. The Morgan fingerprint density at radius 3 is 2.50 bits per heavy atom. The molecule has 4 aromatic rings. The maximum absolute atomic E-state index is 13.1. The topological polar surface area (TPSA) is 164 Å². The molecule has 42 heavy (non-hydrogen) atoms. The number of alkyl halides is 3.